The second kappa shape index (κ2) is 7.08. The minimum Gasteiger partial charge on any atom is -0.494 e. The molecule has 0 fully saturated rings. The van der Waals surface area contributed by atoms with Crippen molar-refractivity contribution in [3.63, 3.8) is 0 Å². The van der Waals surface area contributed by atoms with Gasteiger partial charge in [0, 0.05) is 22.7 Å². The van der Waals surface area contributed by atoms with E-state index in [2.05, 4.69) is 5.32 Å². The maximum absolute atomic E-state index is 12.7. The Morgan fingerprint density at radius 3 is 2.63 bits per heavy atom. The minimum atomic E-state index is -0.373. The summed E-state index contributed by atoms with van der Waals surface area (Å²) in [5, 5.41) is 3.68. The zero-order valence-electron chi connectivity index (χ0n) is 16.2. The van der Waals surface area contributed by atoms with Crippen LogP contribution in [-0.2, 0) is 6.54 Å². The molecule has 5 rings (SSSR count). The van der Waals surface area contributed by atoms with E-state index in [1.54, 1.807) is 29.2 Å². The number of methoxy groups -OCH3 is 1. The van der Waals surface area contributed by atoms with E-state index in [0.29, 0.717) is 34.8 Å². The van der Waals surface area contributed by atoms with Crippen molar-refractivity contribution < 1.29 is 18.7 Å². The molecule has 0 saturated carbocycles. The fourth-order valence-corrected chi connectivity index (χ4v) is 3.69. The molecule has 0 bridgehead atoms. The van der Waals surface area contributed by atoms with Crippen LogP contribution in [0, 0.1) is 0 Å². The number of ether oxygens (including phenoxy) is 1. The van der Waals surface area contributed by atoms with E-state index < -0.39 is 0 Å². The Morgan fingerprint density at radius 1 is 1.03 bits per heavy atom. The second-order valence-corrected chi connectivity index (χ2v) is 7.04. The quantitative estimate of drug-likeness (QED) is 0.533. The molecule has 0 spiro atoms. The van der Waals surface area contributed by atoms with Gasteiger partial charge in [0.15, 0.2) is 5.76 Å². The molecule has 6 nitrogen and oxygen atoms in total. The summed E-state index contributed by atoms with van der Waals surface area (Å²) < 4.78 is 11.1. The maximum Gasteiger partial charge on any atom is 0.291 e. The van der Waals surface area contributed by atoms with Gasteiger partial charge in [0.1, 0.15) is 11.3 Å². The molecule has 0 unspecified atom stereocenters. The number of carbonyl (C=O) groups excluding carboxylic acids is 2. The van der Waals surface area contributed by atoms with Gasteiger partial charge in [0.05, 0.1) is 19.3 Å². The average Bonchev–Trinajstić information content (AvgIpc) is 3.36. The van der Waals surface area contributed by atoms with E-state index in [1.807, 2.05) is 48.5 Å². The third kappa shape index (κ3) is 2.99. The Hall–Kier alpha value is -4.06. The normalized spacial score (nSPS) is 12.8. The van der Waals surface area contributed by atoms with Gasteiger partial charge in [-0.25, -0.2) is 0 Å². The van der Waals surface area contributed by atoms with Crippen molar-refractivity contribution in [2.24, 2.45) is 0 Å². The number of fused-ring (bicyclic) bond motifs is 2. The first-order valence-corrected chi connectivity index (χ1v) is 9.52. The van der Waals surface area contributed by atoms with Crippen molar-refractivity contribution in [3.05, 3.63) is 89.7 Å². The number of nitrogens with zero attached hydrogens (tertiary/aromatic N) is 1. The third-order valence-corrected chi connectivity index (χ3v) is 5.22. The van der Waals surface area contributed by atoms with Crippen LogP contribution >= 0.6 is 0 Å². The Morgan fingerprint density at radius 2 is 1.83 bits per heavy atom. The number of benzene rings is 3. The largest absolute Gasteiger partial charge is 0.494 e. The van der Waals surface area contributed by atoms with Gasteiger partial charge in [0.25, 0.3) is 11.8 Å². The van der Waals surface area contributed by atoms with Crippen LogP contribution in [0.1, 0.15) is 26.5 Å². The number of furan rings is 1. The molecular weight excluding hydrogens is 380 g/mol. The number of carbonyl (C=O) groups is 2. The standard InChI is InChI=1S/C24H18N2O4/c1-29-21-13-17(26-14-16-7-2-4-8-18(16)24(26)28)10-11-19(21)25-23(27)22-12-15-6-3-5-9-20(15)30-22/h2-13H,14H2,1H3,(H,25,27). The molecule has 1 aliphatic heterocycles. The van der Waals surface area contributed by atoms with Gasteiger partial charge in [-0.3, -0.25) is 9.59 Å². The molecule has 0 aliphatic carbocycles. The molecule has 6 heteroatoms. The third-order valence-electron chi connectivity index (χ3n) is 5.22. The molecule has 1 N–H and O–H groups in total. The van der Waals surface area contributed by atoms with Crippen molar-refractivity contribution >= 4 is 34.2 Å². The number of amides is 2. The van der Waals surface area contributed by atoms with Crippen LogP contribution in [-0.4, -0.2) is 18.9 Å². The number of hydrogen-bond acceptors (Lipinski definition) is 4. The number of hydrogen-bond donors (Lipinski definition) is 1. The van der Waals surface area contributed by atoms with Crippen molar-refractivity contribution in [3.8, 4) is 5.75 Å². The van der Waals surface area contributed by atoms with Crippen LogP contribution in [0.15, 0.2) is 77.2 Å². The lowest BCUT2D eigenvalue weighted by molar-refractivity contribution is 0.0989. The molecule has 0 radical (unpaired) electrons. The molecule has 4 aromatic rings. The Bertz CT molecular complexity index is 1260. The van der Waals surface area contributed by atoms with Crippen LogP contribution < -0.4 is 15.0 Å². The van der Waals surface area contributed by atoms with E-state index >= 15 is 0 Å². The van der Waals surface area contributed by atoms with Crippen LogP contribution in [0.25, 0.3) is 11.0 Å². The summed E-state index contributed by atoms with van der Waals surface area (Å²) in [4.78, 5) is 27.1. The summed E-state index contributed by atoms with van der Waals surface area (Å²) in [7, 11) is 1.52. The molecule has 2 heterocycles. The average molecular weight is 398 g/mol. The molecule has 0 saturated heterocycles. The highest BCUT2D eigenvalue weighted by Crippen LogP contribution is 2.34. The van der Waals surface area contributed by atoms with E-state index in [9.17, 15) is 9.59 Å². The van der Waals surface area contributed by atoms with E-state index in [4.69, 9.17) is 9.15 Å². The van der Waals surface area contributed by atoms with Crippen molar-refractivity contribution in [1.82, 2.24) is 0 Å². The first-order valence-electron chi connectivity index (χ1n) is 9.52. The molecule has 1 aromatic heterocycles. The second-order valence-electron chi connectivity index (χ2n) is 7.04. The summed E-state index contributed by atoms with van der Waals surface area (Å²) in [6.07, 6.45) is 0. The highest BCUT2D eigenvalue weighted by molar-refractivity contribution is 6.10. The minimum absolute atomic E-state index is 0.0493. The molecular formula is C24H18N2O4. The zero-order chi connectivity index (χ0) is 20.7. The number of rotatable bonds is 4. The van der Waals surface area contributed by atoms with Gasteiger partial charge in [-0.15, -0.1) is 0 Å². The van der Waals surface area contributed by atoms with Gasteiger partial charge in [-0.05, 0) is 35.9 Å². The number of nitrogens with one attached hydrogen (secondary N) is 1. The van der Waals surface area contributed by atoms with Crippen molar-refractivity contribution in [2.75, 3.05) is 17.3 Å². The van der Waals surface area contributed by atoms with Gasteiger partial charge in [-0.2, -0.15) is 0 Å². The number of anilines is 2. The van der Waals surface area contributed by atoms with E-state index in [0.717, 1.165) is 10.9 Å². The molecule has 148 valence electrons. The Labute approximate surface area is 172 Å². The number of para-hydroxylation sites is 1. The molecule has 2 amide bonds. The zero-order valence-corrected chi connectivity index (χ0v) is 16.2. The Balaban J connectivity index is 1.40. The SMILES string of the molecule is COc1cc(N2Cc3ccccc3C2=O)ccc1NC(=O)c1cc2ccccc2o1. The molecule has 30 heavy (non-hydrogen) atoms. The van der Waals surface area contributed by atoms with Gasteiger partial charge >= 0.3 is 0 Å². The highest BCUT2D eigenvalue weighted by atomic mass is 16.5. The van der Waals surface area contributed by atoms with Crippen LogP contribution in [0.3, 0.4) is 0 Å². The van der Waals surface area contributed by atoms with Gasteiger partial charge in [0.2, 0.25) is 0 Å². The van der Waals surface area contributed by atoms with Crippen LogP contribution in [0.4, 0.5) is 11.4 Å². The lowest BCUT2D eigenvalue weighted by Crippen LogP contribution is -2.23. The summed E-state index contributed by atoms with van der Waals surface area (Å²) in [6.45, 7) is 0.503. The molecule has 0 atom stereocenters. The highest BCUT2D eigenvalue weighted by Gasteiger charge is 2.28. The first-order chi connectivity index (χ1) is 14.6. The van der Waals surface area contributed by atoms with Crippen LogP contribution in [0.2, 0.25) is 0 Å². The van der Waals surface area contributed by atoms with Gasteiger partial charge < -0.3 is 19.4 Å². The van der Waals surface area contributed by atoms with E-state index in [-0.39, 0.29) is 17.6 Å². The topological polar surface area (TPSA) is 71.8 Å². The maximum atomic E-state index is 12.7. The Kier molecular flexibility index (Phi) is 4.25. The summed E-state index contributed by atoms with van der Waals surface area (Å²) >= 11 is 0. The van der Waals surface area contributed by atoms with Crippen molar-refractivity contribution in [2.45, 2.75) is 6.54 Å². The predicted molar refractivity (Wildman–Crippen MR) is 114 cm³/mol. The fourth-order valence-electron chi connectivity index (χ4n) is 3.69. The smallest absolute Gasteiger partial charge is 0.291 e. The lowest BCUT2D eigenvalue weighted by atomic mass is 10.1. The fraction of sp³-hybridized carbons (Fsp3) is 0.0833. The molecule has 3 aromatic carbocycles. The predicted octanol–water partition coefficient (Wildman–Crippen LogP) is 4.85. The van der Waals surface area contributed by atoms with E-state index in [1.165, 1.54) is 7.11 Å². The summed E-state index contributed by atoms with van der Waals surface area (Å²) in [6, 6.07) is 22.0. The van der Waals surface area contributed by atoms with Crippen molar-refractivity contribution in [1.29, 1.82) is 0 Å². The van der Waals surface area contributed by atoms with Gasteiger partial charge in [-0.1, -0.05) is 36.4 Å². The van der Waals surface area contributed by atoms with Crippen LogP contribution in [0.5, 0.6) is 5.75 Å². The monoisotopic (exact) mass is 398 g/mol. The first kappa shape index (κ1) is 18.0. The summed E-state index contributed by atoms with van der Waals surface area (Å²) in [5.74, 6) is 0.252. The molecule has 1 aliphatic rings. The lowest BCUT2D eigenvalue weighted by Gasteiger charge is -2.18. The summed E-state index contributed by atoms with van der Waals surface area (Å²) in [5.41, 5.74) is 3.55.